The Balaban J connectivity index is 1.84. The molecule has 6 heteroatoms. The van der Waals surface area contributed by atoms with Crippen molar-refractivity contribution in [2.24, 2.45) is 11.8 Å². The molecule has 3 N–H and O–H groups in total. The number of nitriles is 1. The molecule has 1 amide bonds. The third kappa shape index (κ3) is 4.67. The van der Waals surface area contributed by atoms with E-state index in [0.29, 0.717) is 34.1 Å². The topological polar surface area (TPSA) is 76.9 Å². The number of nitrogens with one attached hydrogen (secondary N) is 3. The fraction of sp³-hybridized carbons (Fsp3) is 0.471. The summed E-state index contributed by atoms with van der Waals surface area (Å²) in [4.78, 5) is 12.1. The summed E-state index contributed by atoms with van der Waals surface area (Å²) >= 11 is 5.25. The Morgan fingerprint density at radius 3 is 2.83 bits per heavy atom. The van der Waals surface area contributed by atoms with Gasteiger partial charge in [0.1, 0.15) is 0 Å². The molecular weight excluding hydrogens is 308 g/mol. The van der Waals surface area contributed by atoms with Gasteiger partial charge in [-0.05, 0) is 48.7 Å². The first-order chi connectivity index (χ1) is 11.0. The molecule has 0 saturated heterocycles. The number of thiocarbonyl (C=S) groups is 1. The molecule has 5 nitrogen and oxygen atoms in total. The number of carbonyl (C=O) groups is 1. The van der Waals surface area contributed by atoms with Gasteiger partial charge in [0.05, 0.1) is 11.6 Å². The van der Waals surface area contributed by atoms with Crippen LogP contribution in [0.25, 0.3) is 0 Å². The van der Waals surface area contributed by atoms with Gasteiger partial charge in [0, 0.05) is 11.6 Å². The second-order valence-corrected chi connectivity index (χ2v) is 6.53. The first-order valence-corrected chi connectivity index (χ1v) is 8.29. The summed E-state index contributed by atoms with van der Waals surface area (Å²) in [5.41, 5.74) is 6.17. The van der Waals surface area contributed by atoms with Gasteiger partial charge in [-0.15, -0.1) is 0 Å². The molecule has 3 atom stereocenters. The molecule has 0 heterocycles. The predicted octanol–water partition coefficient (Wildman–Crippen LogP) is 2.49. The lowest BCUT2D eigenvalue weighted by Crippen LogP contribution is -2.52. The van der Waals surface area contributed by atoms with Gasteiger partial charge >= 0.3 is 0 Å². The third-order valence-electron chi connectivity index (χ3n) is 4.57. The Kier molecular flexibility index (Phi) is 5.94. The summed E-state index contributed by atoms with van der Waals surface area (Å²) in [5.74, 6) is 0.898. The SMILES string of the molecule is C[C@H]1[C@@H](NC(=S)NNC(=O)c2cccc(C#N)c2)CCC[C@@H]1C. The zero-order valence-corrected chi connectivity index (χ0v) is 14.2. The van der Waals surface area contributed by atoms with Crippen molar-refractivity contribution in [2.45, 2.75) is 39.2 Å². The molecule has 1 aliphatic rings. The number of hydrogen-bond acceptors (Lipinski definition) is 3. The van der Waals surface area contributed by atoms with Gasteiger partial charge in [-0.2, -0.15) is 5.26 Å². The molecule has 1 aliphatic carbocycles. The molecule has 0 aliphatic heterocycles. The Hall–Kier alpha value is -2.13. The molecule has 1 aromatic rings. The van der Waals surface area contributed by atoms with Crippen LogP contribution in [-0.2, 0) is 0 Å². The van der Waals surface area contributed by atoms with Gasteiger partial charge < -0.3 is 5.32 Å². The van der Waals surface area contributed by atoms with Crippen LogP contribution in [0.5, 0.6) is 0 Å². The number of carbonyl (C=O) groups excluding carboxylic acids is 1. The lowest BCUT2D eigenvalue weighted by atomic mass is 9.78. The normalized spacial score (nSPS) is 23.4. The zero-order valence-electron chi connectivity index (χ0n) is 13.4. The van der Waals surface area contributed by atoms with Crippen molar-refractivity contribution in [1.29, 1.82) is 5.26 Å². The van der Waals surface area contributed by atoms with Crippen molar-refractivity contribution in [3.63, 3.8) is 0 Å². The predicted molar refractivity (Wildman–Crippen MR) is 93.5 cm³/mol. The zero-order chi connectivity index (χ0) is 16.8. The van der Waals surface area contributed by atoms with Crippen LogP contribution < -0.4 is 16.2 Å². The fourth-order valence-electron chi connectivity index (χ4n) is 2.91. The smallest absolute Gasteiger partial charge is 0.269 e. The molecule has 1 fully saturated rings. The van der Waals surface area contributed by atoms with E-state index in [1.54, 1.807) is 24.3 Å². The largest absolute Gasteiger partial charge is 0.358 e. The maximum absolute atomic E-state index is 12.1. The summed E-state index contributed by atoms with van der Waals surface area (Å²) in [5, 5.41) is 12.6. The fourth-order valence-corrected chi connectivity index (χ4v) is 3.11. The van der Waals surface area contributed by atoms with Crippen molar-refractivity contribution < 1.29 is 4.79 Å². The Labute approximate surface area is 142 Å². The number of amides is 1. The van der Waals surface area contributed by atoms with E-state index in [0.717, 1.165) is 6.42 Å². The number of hydrogen-bond donors (Lipinski definition) is 3. The van der Waals surface area contributed by atoms with Gasteiger partial charge in [0.25, 0.3) is 5.91 Å². The average molecular weight is 330 g/mol. The van der Waals surface area contributed by atoms with E-state index in [9.17, 15) is 4.79 Å². The van der Waals surface area contributed by atoms with E-state index < -0.39 is 0 Å². The second-order valence-electron chi connectivity index (χ2n) is 6.12. The molecule has 0 spiro atoms. The molecule has 122 valence electrons. The molecular formula is C17H22N4OS. The third-order valence-corrected chi connectivity index (χ3v) is 4.79. The number of nitrogens with zero attached hydrogens (tertiary/aromatic N) is 1. The van der Waals surface area contributed by atoms with Crippen molar-refractivity contribution in [2.75, 3.05) is 0 Å². The maximum Gasteiger partial charge on any atom is 0.269 e. The average Bonchev–Trinajstić information content (AvgIpc) is 2.57. The van der Waals surface area contributed by atoms with Crippen LogP contribution in [0, 0.1) is 23.2 Å². The van der Waals surface area contributed by atoms with Gasteiger partial charge in [0.2, 0.25) is 0 Å². The minimum absolute atomic E-state index is 0.323. The minimum Gasteiger partial charge on any atom is -0.358 e. The Morgan fingerprint density at radius 2 is 2.09 bits per heavy atom. The van der Waals surface area contributed by atoms with Crippen molar-refractivity contribution in [1.82, 2.24) is 16.2 Å². The van der Waals surface area contributed by atoms with Crippen LogP contribution in [0.1, 0.15) is 49.0 Å². The monoisotopic (exact) mass is 330 g/mol. The standard InChI is InChI=1S/C17H22N4OS/c1-11-5-3-8-15(12(11)2)19-17(23)21-20-16(22)14-7-4-6-13(9-14)10-18/h4,6-7,9,11-12,15H,3,5,8H2,1-2H3,(H,20,22)(H2,19,21,23)/t11-,12+,15-/m0/s1. The summed E-state index contributed by atoms with van der Waals surface area (Å²) in [7, 11) is 0. The van der Waals surface area contributed by atoms with E-state index >= 15 is 0 Å². The van der Waals surface area contributed by atoms with E-state index in [1.807, 2.05) is 6.07 Å². The van der Waals surface area contributed by atoms with E-state index in [4.69, 9.17) is 17.5 Å². The van der Waals surface area contributed by atoms with Crippen LogP contribution in [0.2, 0.25) is 0 Å². The summed E-state index contributed by atoms with van der Waals surface area (Å²) < 4.78 is 0. The van der Waals surface area contributed by atoms with E-state index in [1.165, 1.54) is 12.8 Å². The highest BCUT2D eigenvalue weighted by Gasteiger charge is 2.27. The lowest BCUT2D eigenvalue weighted by molar-refractivity contribution is 0.0943. The van der Waals surface area contributed by atoms with Gasteiger partial charge in [-0.25, -0.2) is 0 Å². The molecule has 1 aromatic carbocycles. The first kappa shape index (κ1) is 17.2. The Bertz CT molecular complexity index is 625. The van der Waals surface area contributed by atoms with Gasteiger partial charge in [0.15, 0.2) is 5.11 Å². The molecule has 0 aromatic heterocycles. The highest BCUT2D eigenvalue weighted by molar-refractivity contribution is 7.80. The van der Waals surface area contributed by atoms with Crippen molar-refractivity contribution >= 4 is 23.2 Å². The van der Waals surface area contributed by atoms with Crippen LogP contribution in [0.15, 0.2) is 24.3 Å². The molecule has 1 saturated carbocycles. The number of hydrazine groups is 1. The summed E-state index contributed by atoms with van der Waals surface area (Å²) in [6.07, 6.45) is 3.54. The van der Waals surface area contributed by atoms with Gasteiger partial charge in [-0.1, -0.05) is 32.8 Å². The molecule has 0 bridgehead atoms. The lowest BCUT2D eigenvalue weighted by Gasteiger charge is -2.35. The summed E-state index contributed by atoms with van der Waals surface area (Å²) in [6.45, 7) is 4.50. The molecule has 0 unspecified atom stereocenters. The highest BCUT2D eigenvalue weighted by Crippen LogP contribution is 2.29. The van der Waals surface area contributed by atoms with E-state index in [2.05, 4.69) is 30.0 Å². The Morgan fingerprint density at radius 1 is 1.30 bits per heavy atom. The number of benzene rings is 1. The molecule has 2 rings (SSSR count). The minimum atomic E-state index is -0.323. The van der Waals surface area contributed by atoms with Crippen molar-refractivity contribution in [3.8, 4) is 6.07 Å². The quantitative estimate of drug-likeness (QED) is 0.574. The van der Waals surface area contributed by atoms with Crippen molar-refractivity contribution in [3.05, 3.63) is 35.4 Å². The number of rotatable bonds is 2. The second kappa shape index (κ2) is 7.93. The molecule has 23 heavy (non-hydrogen) atoms. The van der Waals surface area contributed by atoms with Crippen LogP contribution in [-0.4, -0.2) is 17.1 Å². The highest BCUT2D eigenvalue weighted by atomic mass is 32.1. The first-order valence-electron chi connectivity index (χ1n) is 7.88. The maximum atomic E-state index is 12.1. The summed E-state index contributed by atoms with van der Waals surface area (Å²) in [6, 6.07) is 8.87. The van der Waals surface area contributed by atoms with Crippen LogP contribution >= 0.6 is 12.2 Å². The van der Waals surface area contributed by atoms with Gasteiger partial charge in [-0.3, -0.25) is 15.6 Å². The van der Waals surface area contributed by atoms with Crippen LogP contribution in [0.4, 0.5) is 0 Å². The van der Waals surface area contributed by atoms with E-state index in [-0.39, 0.29) is 5.91 Å². The molecule has 0 radical (unpaired) electrons. The van der Waals surface area contributed by atoms with Crippen LogP contribution in [0.3, 0.4) is 0 Å².